The zero-order valence-electron chi connectivity index (χ0n) is 17.6. The molecule has 0 aliphatic rings. The van der Waals surface area contributed by atoms with Gasteiger partial charge in [0.15, 0.2) is 6.10 Å². The maximum Gasteiger partial charge on any atom is 0.265 e. The van der Waals surface area contributed by atoms with Crippen LogP contribution < -0.4 is 10.1 Å². The van der Waals surface area contributed by atoms with Gasteiger partial charge in [-0.05, 0) is 54.3 Å². The lowest BCUT2D eigenvalue weighted by molar-refractivity contribution is -0.122. The lowest BCUT2D eigenvalue weighted by atomic mass is 9.87. The highest BCUT2D eigenvalue weighted by Gasteiger charge is 2.21. The molecule has 1 atom stereocenters. The summed E-state index contributed by atoms with van der Waals surface area (Å²) in [7, 11) is -1.16. The zero-order valence-corrected chi connectivity index (χ0v) is 18.4. The summed E-state index contributed by atoms with van der Waals surface area (Å²) in [5, 5.41) is 2.72. The summed E-state index contributed by atoms with van der Waals surface area (Å²) in [5.41, 5.74) is 1.68. The van der Waals surface area contributed by atoms with Crippen LogP contribution in [-0.2, 0) is 25.1 Å². The highest BCUT2D eigenvalue weighted by Crippen LogP contribution is 2.25. The number of amides is 1. The molecule has 0 bridgehead atoms. The number of ether oxygens (including phenoxy) is 1. The number of hydroxylamine groups is 1. The van der Waals surface area contributed by atoms with Crippen LogP contribution in [0, 0.1) is 0 Å². The second-order valence-electron chi connectivity index (χ2n) is 7.65. The Hall–Kier alpha value is -2.42. The van der Waals surface area contributed by atoms with Gasteiger partial charge in [0.05, 0.1) is 12.0 Å². The molecular weight excluding hydrogens is 392 g/mol. The van der Waals surface area contributed by atoms with Crippen LogP contribution >= 0.6 is 0 Å². The van der Waals surface area contributed by atoms with Gasteiger partial charge in [0.2, 0.25) is 0 Å². The summed E-state index contributed by atoms with van der Waals surface area (Å²) in [6.45, 7) is 8.04. The smallest absolute Gasteiger partial charge is 0.265 e. The first kappa shape index (κ1) is 22.9. The monoisotopic (exact) mass is 420 g/mol. The van der Waals surface area contributed by atoms with E-state index in [1.54, 1.807) is 6.92 Å². The minimum Gasteiger partial charge on any atom is -0.481 e. The van der Waals surface area contributed by atoms with Crippen LogP contribution in [0.15, 0.2) is 53.4 Å². The van der Waals surface area contributed by atoms with Crippen molar-refractivity contribution in [3.63, 3.8) is 0 Å². The fraction of sp³-hybridized carbons (Fsp3) is 0.381. The molecule has 0 aliphatic heterocycles. The third-order valence-corrected chi connectivity index (χ3v) is 6.11. The molecule has 0 heterocycles. The van der Waals surface area contributed by atoms with E-state index in [2.05, 4.69) is 26.1 Å². The van der Waals surface area contributed by atoms with Crippen molar-refractivity contribution in [3.8, 4) is 5.75 Å². The molecule has 2 rings (SSSR count). The summed E-state index contributed by atoms with van der Waals surface area (Å²) >= 11 is 0. The second-order valence-corrected chi connectivity index (χ2v) is 9.58. The van der Waals surface area contributed by atoms with E-state index in [0.29, 0.717) is 11.4 Å². The number of hydrogen-bond acceptors (Lipinski definition) is 5. The highest BCUT2D eigenvalue weighted by molar-refractivity contribution is 7.89. The first-order valence-corrected chi connectivity index (χ1v) is 10.6. The molecule has 0 spiro atoms. The number of nitrogens with zero attached hydrogens (tertiary/aromatic N) is 1. The molecule has 0 aromatic heterocycles. The Kier molecular flexibility index (Phi) is 7.05. The number of benzene rings is 2. The molecule has 0 aliphatic carbocycles. The Balaban J connectivity index is 2.01. The summed E-state index contributed by atoms with van der Waals surface area (Å²) in [6.07, 6.45) is -0.724. The lowest BCUT2D eigenvalue weighted by Crippen LogP contribution is -2.30. The largest absolute Gasteiger partial charge is 0.481 e. The number of hydrogen-bond donors (Lipinski definition) is 1. The summed E-state index contributed by atoms with van der Waals surface area (Å²) in [4.78, 5) is 17.2. The van der Waals surface area contributed by atoms with Crippen molar-refractivity contribution in [1.82, 2.24) is 4.47 Å². The number of rotatable bonds is 7. The van der Waals surface area contributed by atoms with Crippen LogP contribution in [0.5, 0.6) is 5.75 Å². The van der Waals surface area contributed by atoms with E-state index in [1.807, 2.05) is 24.3 Å². The maximum absolute atomic E-state index is 12.4. The third kappa shape index (κ3) is 5.79. The SMILES string of the molecule is CON(C)S(=O)(=O)c1ccc(NC(=O)C(C)Oc2ccc(C(C)(C)C)cc2)cc1. The molecular formula is C21H28N2O5S. The van der Waals surface area contributed by atoms with E-state index >= 15 is 0 Å². The Labute approximate surface area is 172 Å². The zero-order chi connectivity index (χ0) is 21.8. The second kappa shape index (κ2) is 8.94. The standard InChI is InChI=1S/C21H28N2O5S/c1-15(28-18-11-7-16(8-12-18)21(2,3)4)20(24)22-17-9-13-19(14-10-17)29(25,26)23(5)27-6/h7-15H,1-6H3,(H,22,24). The first-order valence-electron chi connectivity index (χ1n) is 9.16. The topological polar surface area (TPSA) is 84.9 Å². The molecule has 1 unspecified atom stereocenters. The van der Waals surface area contributed by atoms with E-state index < -0.39 is 16.1 Å². The molecule has 29 heavy (non-hydrogen) atoms. The third-order valence-electron chi connectivity index (χ3n) is 4.42. The Bertz CT molecular complexity index is 933. The van der Waals surface area contributed by atoms with E-state index in [4.69, 9.17) is 9.57 Å². The van der Waals surface area contributed by atoms with Gasteiger partial charge >= 0.3 is 0 Å². The van der Waals surface area contributed by atoms with Crippen LogP contribution in [0.4, 0.5) is 5.69 Å². The maximum atomic E-state index is 12.4. The molecule has 1 amide bonds. The van der Waals surface area contributed by atoms with Crippen LogP contribution in [0.25, 0.3) is 0 Å². The Morgan fingerprint density at radius 3 is 2.07 bits per heavy atom. The van der Waals surface area contributed by atoms with Crippen molar-refractivity contribution in [2.75, 3.05) is 19.5 Å². The summed E-state index contributed by atoms with van der Waals surface area (Å²) < 4.78 is 30.8. The van der Waals surface area contributed by atoms with Gasteiger partial charge < -0.3 is 10.1 Å². The molecule has 0 saturated heterocycles. The van der Waals surface area contributed by atoms with Crippen molar-refractivity contribution >= 4 is 21.6 Å². The van der Waals surface area contributed by atoms with Crippen molar-refractivity contribution in [1.29, 1.82) is 0 Å². The molecule has 0 saturated carbocycles. The average Bonchev–Trinajstić information content (AvgIpc) is 2.67. The van der Waals surface area contributed by atoms with Crippen molar-refractivity contribution in [2.24, 2.45) is 0 Å². The van der Waals surface area contributed by atoms with Gasteiger partial charge in [-0.2, -0.15) is 0 Å². The molecule has 7 nitrogen and oxygen atoms in total. The number of anilines is 1. The number of sulfonamides is 1. The van der Waals surface area contributed by atoms with Gasteiger partial charge in [-0.1, -0.05) is 37.4 Å². The van der Waals surface area contributed by atoms with Crippen molar-refractivity contribution in [3.05, 3.63) is 54.1 Å². The quantitative estimate of drug-likeness (QED) is 0.692. The lowest BCUT2D eigenvalue weighted by Gasteiger charge is -2.20. The highest BCUT2D eigenvalue weighted by atomic mass is 32.2. The predicted molar refractivity (Wildman–Crippen MR) is 112 cm³/mol. The fourth-order valence-electron chi connectivity index (χ4n) is 2.49. The Morgan fingerprint density at radius 1 is 1.03 bits per heavy atom. The summed E-state index contributed by atoms with van der Waals surface area (Å²) in [6, 6.07) is 13.5. The first-order chi connectivity index (χ1) is 13.4. The Morgan fingerprint density at radius 2 is 1.59 bits per heavy atom. The fourth-order valence-corrected chi connectivity index (χ4v) is 3.47. The molecule has 0 radical (unpaired) electrons. The van der Waals surface area contributed by atoms with Crippen molar-refractivity contribution < 1.29 is 22.8 Å². The van der Waals surface area contributed by atoms with E-state index in [-0.39, 0.29) is 16.2 Å². The van der Waals surface area contributed by atoms with Crippen LogP contribution in [0.2, 0.25) is 0 Å². The minimum atomic E-state index is -3.73. The van der Waals surface area contributed by atoms with Crippen LogP contribution in [0.3, 0.4) is 0 Å². The number of carbonyl (C=O) groups excluding carboxylic acids is 1. The van der Waals surface area contributed by atoms with Crippen LogP contribution in [-0.4, -0.2) is 39.1 Å². The van der Waals surface area contributed by atoms with Crippen molar-refractivity contribution in [2.45, 2.75) is 44.1 Å². The molecule has 158 valence electrons. The molecule has 8 heteroatoms. The summed E-state index contributed by atoms with van der Waals surface area (Å²) in [5.74, 6) is 0.263. The molecule has 2 aromatic carbocycles. The average molecular weight is 421 g/mol. The molecule has 1 N–H and O–H groups in total. The van der Waals surface area contributed by atoms with Gasteiger partial charge in [-0.3, -0.25) is 9.63 Å². The van der Waals surface area contributed by atoms with E-state index in [9.17, 15) is 13.2 Å². The van der Waals surface area contributed by atoms with Crippen LogP contribution in [0.1, 0.15) is 33.3 Å². The number of carbonyl (C=O) groups is 1. The van der Waals surface area contributed by atoms with Gasteiger partial charge in [0.25, 0.3) is 15.9 Å². The van der Waals surface area contributed by atoms with Gasteiger partial charge in [0, 0.05) is 12.7 Å². The normalized spacial score (nSPS) is 13.2. The van der Waals surface area contributed by atoms with E-state index in [1.165, 1.54) is 44.0 Å². The van der Waals surface area contributed by atoms with Gasteiger partial charge in [0.1, 0.15) is 5.75 Å². The van der Waals surface area contributed by atoms with Gasteiger partial charge in [-0.25, -0.2) is 8.42 Å². The molecule has 2 aromatic rings. The van der Waals surface area contributed by atoms with E-state index in [0.717, 1.165) is 4.47 Å². The minimum absolute atomic E-state index is 0.0409. The number of nitrogens with one attached hydrogen (secondary N) is 1. The van der Waals surface area contributed by atoms with Gasteiger partial charge in [-0.15, -0.1) is 0 Å². The molecule has 0 fully saturated rings. The predicted octanol–water partition coefficient (Wildman–Crippen LogP) is 3.57.